The van der Waals surface area contributed by atoms with Crippen molar-refractivity contribution in [2.75, 3.05) is 13.2 Å². The van der Waals surface area contributed by atoms with E-state index in [1.165, 1.54) is 0 Å². The summed E-state index contributed by atoms with van der Waals surface area (Å²) >= 11 is 0. The van der Waals surface area contributed by atoms with Gasteiger partial charge >= 0.3 is 6.36 Å². The SMILES string of the molecule is Cc1ccc([C@@H](C)NCCOC(F)(F)F)cc1. The summed E-state index contributed by atoms with van der Waals surface area (Å²) in [6.45, 7) is 3.67. The lowest BCUT2D eigenvalue weighted by Gasteiger charge is -2.15. The molecule has 0 aliphatic carbocycles. The fourth-order valence-corrected chi connectivity index (χ4v) is 1.42. The maximum absolute atomic E-state index is 11.7. The summed E-state index contributed by atoms with van der Waals surface area (Å²) in [7, 11) is 0. The molecule has 5 heteroatoms. The van der Waals surface area contributed by atoms with Crippen LogP contribution in [0.25, 0.3) is 0 Å². The van der Waals surface area contributed by atoms with Crippen molar-refractivity contribution in [3.05, 3.63) is 35.4 Å². The van der Waals surface area contributed by atoms with E-state index in [9.17, 15) is 13.2 Å². The van der Waals surface area contributed by atoms with Crippen LogP contribution in [0.1, 0.15) is 24.1 Å². The van der Waals surface area contributed by atoms with Gasteiger partial charge in [-0.25, -0.2) is 0 Å². The lowest BCUT2D eigenvalue weighted by Crippen LogP contribution is -2.26. The van der Waals surface area contributed by atoms with Gasteiger partial charge in [-0.3, -0.25) is 4.74 Å². The quantitative estimate of drug-likeness (QED) is 0.807. The lowest BCUT2D eigenvalue weighted by molar-refractivity contribution is -0.323. The summed E-state index contributed by atoms with van der Waals surface area (Å²) in [5, 5.41) is 2.97. The molecule has 0 saturated heterocycles. The topological polar surface area (TPSA) is 21.3 Å². The summed E-state index contributed by atoms with van der Waals surface area (Å²) in [6.07, 6.45) is -4.55. The molecule has 0 spiro atoms. The van der Waals surface area contributed by atoms with Crippen molar-refractivity contribution in [1.29, 1.82) is 0 Å². The summed E-state index contributed by atoms with van der Waals surface area (Å²) in [5.41, 5.74) is 2.20. The zero-order chi connectivity index (χ0) is 12.9. The third-order valence-corrected chi connectivity index (χ3v) is 2.40. The number of halogens is 3. The number of alkyl halides is 3. The smallest absolute Gasteiger partial charge is 0.308 e. The van der Waals surface area contributed by atoms with E-state index >= 15 is 0 Å². The molecule has 2 nitrogen and oxygen atoms in total. The van der Waals surface area contributed by atoms with Gasteiger partial charge in [0.05, 0.1) is 6.61 Å². The number of hydrogen-bond acceptors (Lipinski definition) is 2. The van der Waals surface area contributed by atoms with Crippen LogP contribution in [0, 0.1) is 6.92 Å². The van der Waals surface area contributed by atoms with E-state index in [1.807, 2.05) is 38.1 Å². The molecule has 0 heterocycles. The van der Waals surface area contributed by atoms with Gasteiger partial charge in [0, 0.05) is 12.6 Å². The maximum atomic E-state index is 11.7. The normalized spacial score (nSPS) is 13.7. The standard InChI is InChI=1S/C12H16F3NO/c1-9-3-5-11(6-4-9)10(2)16-7-8-17-12(13,14)15/h3-6,10,16H,7-8H2,1-2H3/t10-/m1/s1. The van der Waals surface area contributed by atoms with Gasteiger partial charge in [0.25, 0.3) is 0 Å². The Bertz CT molecular complexity index is 335. The average molecular weight is 247 g/mol. The summed E-state index contributed by atoms with van der Waals surface area (Å²) in [5.74, 6) is 0. The number of ether oxygens (including phenoxy) is 1. The van der Waals surface area contributed by atoms with Gasteiger partial charge in [0.2, 0.25) is 0 Å². The first-order valence-electron chi connectivity index (χ1n) is 5.39. The Morgan fingerprint density at radius 1 is 1.24 bits per heavy atom. The molecule has 1 aromatic rings. The van der Waals surface area contributed by atoms with Crippen LogP contribution in [-0.4, -0.2) is 19.5 Å². The van der Waals surface area contributed by atoms with Crippen LogP contribution in [-0.2, 0) is 4.74 Å². The van der Waals surface area contributed by atoms with Gasteiger partial charge in [-0.15, -0.1) is 13.2 Å². The molecule has 0 bridgehead atoms. The van der Waals surface area contributed by atoms with Crippen LogP contribution in [0.15, 0.2) is 24.3 Å². The van der Waals surface area contributed by atoms with E-state index in [4.69, 9.17) is 0 Å². The second kappa shape index (κ2) is 6.02. The fourth-order valence-electron chi connectivity index (χ4n) is 1.42. The van der Waals surface area contributed by atoms with E-state index in [0.717, 1.165) is 11.1 Å². The van der Waals surface area contributed by atoms with Crippen LogP contribution in [0.3, 0.4) is 0 Å². The van der Waals surface area contributed by atoms with Gasteiger partial charge in [-0.1, -0.05) is 29.8 Å². The van der Waals surface area contributed by atoms with Crippen LogP contribution in [0.5, 0.6) is 0 Å². The van der Waals surface area contributed by atoms with E-state index in [1.54, 1.807) is 0 Å². The molecule has 96 valence electrons. The van der Waals surface area contributed by atoms with Crippen molar-refractivity contribution in [1.82, 2.24) is 5.32 Å². The van der Waals surface area contributed by atoms with E-state index in [-0.39, 0.29) is 19.2 Å². The predicted octanol–water partition coefficient (Wildman–Crippen LogP) is 3.18. The van der Waals surface area contributed by atoms with E-state index < -0.39 is 6.36 Å². The van der Waals surface area contributed by atoms with Crippen LogP contribution < -0.4 is 5.32 Å². The number of rotatable bonds is 5. The Balaban J connectivity index is 2.30. The Morgan fingerprint density at radius 2 is 1.82 bits per heavy atom. The molecule has 0 unspecified atom stereocenters. The second-order valence-corrected chi connectivity index (χ2v) is 3.88. The van der Waals surface area contributed by atoms with Gasteiger partial charge in [0.1, 0.15) is 0 Å². The molecule has 0 amide bonds. The van der Waals surface area contributed by atoms with Crippen LogP contribution in [0.4, 0.5) is 13.2 Å². The third kappa shape index (κ3) is 5.70. The van der Waals surface area contributed by atoms with Crippen molar-refractivity contribution in [3.63, 3.8) is 0 Å². The minimum atomic E-state index is -4.55. The molecule has 1 atom stereocenters. The molecule has 0 fully saturated rings. The fraction of sp³-hybridized carbons (Fsp3) is 0.500. The average Bonchev–Trinajstić information content (AvgIpc) is 2.24. The van der Waals surface area contributed by atoms with Crippen molar-refractivity contribution >= 4 is 0 Å². The second-order valence-electron chi connectivity index (χ2n) is 3.88. The Hall–Kier alpha value is -1.07. The van der Waals surface area contributed by atoms with E-state index in [0.29, 0.717) is 0 Å². The maximum Gasteiger partial charge on any atom is 0.522 e. The summed E-state index contributed by atoms with van der Waals surface area (Å²) < 4.78 is 38.8. The van der Waals surface area contributed by atoms with Crippen molar-refractivity contribution in [2.24, 2.45) is 0 Å². The third-order valence-electron chi connectivity index (χ3n) is 2.40. The Labute approximate surface area is 98.8 Å². The number of benzene rings is 1. The molecular formula is C12H16F3NO. The molecule has 1 N–H and O–H groups in total. The van der Waals surface area contributed by atoms with Gasteiger partial charge in [-0.05, 0) is 19.4 Å². The largest absolute Gasteiger partial charge is 0.522 e. The van der Waals surface area contributed by atoms with E-state index in [2.05, 4.69) is 10.1 Å². The molecule has 0 aromatic heterocycles. The van der Waals surface area contributed by atoms with Gasteiger partial charge in [0.15, 0.2) is 0 Å². The van der Waals surface area contributed by atoms with Crippen LogP contribution in [0.2, 0.25) is 0 Å². The highest BCUT2D eigenvalue weighted by molar-refractivity contribution is 5.23. The predicted molar refractivity (Wildman–Crippen MR) is 59.6 cm³/mol. The molecule has 0 aliphatic heterocycles. The molecular weight excluding hydrogens is 231 g/mol. The van der Waals surface area contributed by atoms with Gasteiger partial charge in [-0.2, -0.15) is 0 Å². The number of nitrogens with one attached hydrogen (secondary N) is 1. The Kier molecular flexibility index (Phi) is 4.96. The van der Waals surface area contributed by atoms with Crippen molar-refractivity contribution in [3.8, 4) is 0 Å². The monoisotopic (exact) mass is 247 g/mol. The zero-order valence-corrected chi connectivity index (χ0v) is 9.84. The number of aryl methyl sites for hydroxylation is 1. The minimum absolute atomic E-state index is 0.00688. The first-order valence-corrected chi connectivity index (χ1v) is 5.39. The summed E-state index contributed by atoms with van der Waals surface area (Å²) in [6, 6.07) is 7.86. The Morgan fingerprint density at radius 3 is 2.35 bits per heavy atom. The first kappa shape index (κ1) is 14.0. The highest BCUT2D eigenvalue weighted by Crippen LogP contribution is 2.16. The number of hydrogen-bond donors (Lipinski definition) is 1. The molecule has 17 heavy (non-hydrogen) atoms. The highest BCUT2D eigenvalue weighted by atomic mass is 19.4. The van der Waals surface area contributed by atoms with Crippen molar-refractivity contribution in [2.45, 2.75) is 26.3 Å². The molecule has 0 radical (unpaired) electrons. The van der Waals surface area contributed by atoms with Gasteiger partial charge < -0.3 is 5.32 Å². The van der Waals surface area contributed by atoms with Crippen molar-refractivity contribution < 1.29 is 17.9 Å². The van der Waals surface area contributed by atoms with Crippen LogP contribution >= 0.6 is 0 Å². The lowest BCUT2D eigenvalue weighted by atomic mass is 10.1. The first-order chi connectivity index (χ1) is 7.88. The highest BCUT2D eigenvalue weighted by Gasteiger charge is 2.28. The zero-order valence-electron chi connectivity index (χ0n) is 9.84. The molecule has 0 aliphatic rings. The molecule has 1 rings (SSSR count). The molecule has 1 aromatic carbocycles. The summed E-state index contributed by atoms with van der Waals surface area (Å²) in [4.78, 5) is 0. The minimum Gasteiger partial charge on any atom is -0.308 e. The molecule has 0 saturated carbocycles.